The van der Waals surface area contributed by atoms with Crippen LogP contribution in [0.4, 0.5) is 34.1 Å². The van der Waals surface area contributed by atoms with Crippen LogP contribution in [0, 0.1) is 0 Å². The minimum absolute atomic E-state index is 0.0879. The summed E-state index contributed by atoms with van der Waals surface area (Å²) in [4.78, 5) is 4.84. The van der Waals surface area contributed by atoms with Crippen LogP contribution in [0.2, 0.25) is 0 Å². The molecule has 0 amide bonds. The monoisotopic (exact) mass is 911 g/mol. The normalized spacial score (nSPS) is 11.6. The lowest BCUT2D eigenvalue weighted by molar-refractivity contribution is 0.590. The summed E-state index contributed by atoms with van der Waals surface area (Å²) in [5.41, 5.74) is 17.1. The number of hydrogen-bond acceptors (Lipinski definition) is 2. The predicted octanol–water partition coefficient (Wildman–Crippen LogP) is 19.2. The smallest absolute Gasteiger partial charge is 0.0528 e. The van der Waals surface area contributed by atoms with Gasteiger partial charge in [0.15, 0.2) is 0 Å². The first-order chi connectivity index (χ1) is 34.8. The molecular weight excluding hydrogens is 859 g/mol. The van der Waals surface area contributed by atoms with E-state index in [-0.39, 0.29) is 5.41 Å². The number of aromatic nitrogens is 1. The number of benzene rings is 11. The van der Waals surface area contributed by atoms with Gasteiger partial charge in [-0.2, -0.15) is 0 Å². The lowest BCUT2D eigenvalue weighted by Gasteiger charge is -2.31. The molecule has 12 aromatic rings. The molecule has 1 heterocycles. The number of rotatable bonds is 10. The third kappa shape index (κ3) is 8.64. The summed E-state index contributed by atoms with van der Waals surface area (Å²) in [5, 5.41) is 5.96. The summed E-state index contributed by atoms with van der Waals surface area (Å²) in [6, 6.07) is 95.4. The zero-order chi connectivity index (χ0) is 47.9. The third-order valence-corrected chi connectivity index (χ3v) is 13.9. The molecule has 12 rings (SSSR count). The summed E-state index contributed by atoms with van der Waals surface area (Å²) in [7, 11) is 0. The fraction of sp³-hybridized carbons (Fsp3) is 0.0588. The van der Waals surface area contributed by atoms with Crippen LogP contribution in [0.5, 0.6) is 0 Å². The first-order valence-electron chi connectivity index (χ1n) is 24.6. The van der Waals surface area contributed by atoms with Crippen molar-refractivity contribution in [2.24, 2.45) is 0 Å². The molecule has 1 aromatic heterocycles. The Morgan fingerprint density at radius 1 is 0.282 bits per heavy atom. The van der Waals surface area contributed by atoms with Gasteiger partial charge in [-0.25, -0.2) is 0 Å². The Morgan fingerprint density at radius 3 is 1.21 bits per heavy atom. The minimum Gasteiger partial charge on any atom is -0.317 e. The molecule has 0 aliphatic rings. The highest BCUT2D eigenvalue weighted by Gasteiger charge is 2.21. The average Bonchev–Trinajstić information content (AvgIpc) is 3.85. The summed E-state index contributed by atoms with van der Waals surface area (Å²) in [6.07, 6.45) is 2.20. The molecular formula is C68H53N3. The van der Waals surface area contributed by atoms with Crippen LogP contribution in [0.15, 0.2) is 267 Å². The SMILES string of the molecule is CC(C)(C)c1ccc(-n2ccc3cc(-c4cc(N(c5ccc(-c6ccccc6)cc5)c5ccc6ccccc6c5)cc(N(c5ccc(-c6ccccc6)cc5)c5ccc6ccccc6c5)c4)ccc32)cc1. The van der Waals surface area contributed by atoms with E-state index in [2.05, 4.69) is 302 Å². The van der Waals surface area contributed by atoms with Gasteiger partial charge in [-0.05, 0) is 163 Å². The molecule has 0 fully saturated rings. The zero-order valence-electron chi connectivity index (χ0n) is 40.2. The highest BCUT2D eigenvalue weighted by atomic mass is 15.2. The van der Waals surface area contributed by atoms with Gasteiger partial charge < -0.3 is 14.4 Å². The maximum atomic E-state index is 2.42. The highest BCUT2D eigenvalue weighted by Crippen LogP contribution is 2.45. The van der Waals surface area contributed by atoms with E-state index < -0.39 is 0 Å². The molecule has 0 atom stereocenters. The van der Waals surface area contributed by atoms with Crippen molar-refractivity contribution in [1.82, 2.24) is 4.57 Å². The Balaban J connectivity index is 1.07. The first kappa shape index (κ1) is 43.4. The molecule has 0 unspecified atom stereocenters. The van der Waals surface area contributed by atoms with Crippen LogP contribution >= 0.6 is 0 Å². The van der Waals surface area contributed by atoms with E-state index in [4.69, 9.17) is 0 Å². The average molecular weight is 912 g/mol. The van der Waals surface area contributed by atoms with Crippen LogP contribution in [-0.2, 0) is 5.41 Å². The molecule has 11 aromatic carbocycles. The zero-order valence-corrected chi connectivity index (χ0v) is 40.2. The Hall–Kier alpha value is -8.92. The summed E-state index contributed by atoms with van der Waals surface area (Å²) >= 11 is 0. The van der Waals surface area contributed by atoms with Gasteiger partial charge in [0.1, 0.15) is 0 Å². The minimum atomic E-state index is 0.0879. The second kappa shape index (κ2) is 18.2. The molecule has 0 radical (unpaired) electrons. The highest BCUT2D eigenvalue weighted by molar-refractivity contribution is 5.95. The van der Waals surface area contributed by atoms with Crippen molar-refractivity contribution >= 4 is 66.6 Å². The van der Waals surface area contributed by atoms with Gasteiger partial charge in [0.2, 0.25) is 0 Å². The van der Waals surface area contributed by atoms with Crippen molar-refractivity contribution in [3.05, 3.63) is 273 Å². The molecule has 0 bridgehead atoms. The topological polar surface area (TPSA) is 11.4 Å². The molecule has 0 N–H and O–H groups in total. The van der Waals surface area contributed by atoms with Crippen LogP contribution in [0.1, 0.15) is 26.3 Å². The van der Waals surface area contributed by atoms with E-state index in [1.807, 2.05) is 0 Å². The quantitative estimate of drug-likeness (QED) is 0.135. The van der Waals surface area contributed by atoms with E-state index in [9.17, 15) is 0 Å². The summed E-state index contributed by atoms with van der Waals surface area (Å²) in [5.74, 6) is 0. The van der Waals surface area contributed by atoms with Gasteiger partial charge >= 0.3 is 0 Å². The molecule has 0 spiro atoms. The van der Waals surface area contributed by atoms with Crippen LogP contribution in [-0.4, -0.2) is 4.57 Å². The second-order valence-electron chi connectivity index (χ2n) is 19.6. The van der Waals surface area contributed by atoms with Crippen molar-refractivity contribution in [3.63, 3.8) is 0 Å². The maximum Gasteiger partial charge on any atom is 0.0528 e. The number of anilines is 6. The van der Waals surface area contributed by atoms with Gasteiger partial charge in [0, 0.05) is 51.4 Å². The number of nitrogens with zero attached hydrogens (tertiary/aromatic N) is 3. The Kier molecular flexibility index (Phi) is 11.1. The van der Waals surface area contributed by atoms with Crippen LogP contribution in [0.3, 0.4) is 0 Å². The van der Waals surface area contributed by atoms with Crippen LogP contribution < -0.4 is 9.80 Å². The van der Waals surface area contributed by atoms with Gasteiger partial charge in [0.25, 0.3) is 0 Å². The molecule has 3 heteroatoms. The largest absolute Gasteiger partial charge is 0.317 e. The number of hydrogen-bond donors (Lipinski definition) is 0. The fourth-order valence-corrected chi connectivity index (χ4v) is 10.1. The van der Waals surface area contributed by atoms with E-state index in [0.29, 0.717) is 0 Å². The van der Waals surface area contributed by atoms with Crippen molar-refractivity contribution in [3.8, 4) is 39.1 Å². The maximum absolute atomic E-state index is 2.42. The van der Waals surface area contributed by atoms with E-state index >= 15 is 0 Å². The summed E-state index contributed by atoms with van der Waals surface area (Å²) < 4.78 is 2.30. The Morgan fingerprint density at radius 2 is 0.718 bits per heavy atom. The first-order valence-corrected chi connectivity index (χ1v) is 24.6. The van der Waals surface area contributed by atoms with Crippen LogP contribution in [0.25, 0.3) is 71.5 Å². The van der Waals surface area contributed by atoms with Gasteiger partial charge in [-0.3, -0.25) is 0 Å². The fourth-order valence-electron chi connectivity index (χ4n) is 10.1. The lowest BCUT2D eigenvalue weighted by atomic mass is 9.87. The van der Waals surface area contributed by atoms with Gasteiger partial charge in [0.05, 0.1) is 5.52 Å². The Labute approximate surface area is 416 Å². The van der Waals surface area contributed by atoms with Crippen molar-refractivity contribution < 1.29 is 0 Å². The molecule has 71 heavy (non-hydrogen) atoms. The van der Waals surface area contributed by atoms with Crippen molar-refractivity contribution in [1.29, 1.82) is 0 Å². The second-order valence-corrected chi connectivity index (χ2v) is 19.6. The lowest BCUT2D eigenvalue weighted by Crippen LogP contribution is -2.14. The summed E-state index contributed by atoms with van der Waals surface area (Å²) in [6.45, 7) is 6.79. The molecule has 0 saturated carbocycles. The molecule has 340 valence electrons. The third-order valence-electron chi connectivity index (χ3n) is 13.9. The number of fused-ring (bicyclic) bond motifs is 3. The molecule has 0 aliphatic carbocycles. The van der Waals surface area contributed by atoms with Gasteiger partial charge in [-0.1, -0.05) is 185 Å². The van der Waals surface area contributed by atoms with Gasteiger partial charge in [-0.15, -0.1) is 0 Å². The molecule has 0 saturated heterocycles. The predicted molar refractivity (Wildman–Crippen MR) is 303 cm³/mol. The van der Waals surface area contributed by atoms with E-state index in [0.717, 1.165) is 50.9 Å². The van der Waals surface area contributed by atoms with E-state index in [1.165, 1.54) is 60.3 Å². The Bertz CT molecular complexity index is 3640. The molecule has 0 aliphatic heterocycles. The van der Waals surface area contributed by atoms with Crippen molar-refractivity contribution in [2.45, 2.75) is 26.2 Å². The standard InChI is InChI=1S/C68H53N3/c1-68(2,3)59-29-37-60(38-30-59)69-41-40-57-42-56(28-39-67(57)69)58-45-65(70(63-35-26-50-18-10-12-20-54(50)43-63)61-31-22-52(23-32-61)48-14-6-4-7-15-48)47-66(46-58)71(64-36-27-51-19-11-13-21-55(51)44-64)62-33-24-53(25-34-62)49-16-8-5-9-17-49/h4-47H,1-3H3. The van der Waals surface area contributed by atoms with E-state index in [1.54, 1.807) is 0 Å². The molecule has 3 nitrogen and oxygen atoms in total. The van der Waals surface area contributed by atoms with Crippen molar-refractivity contribution in [2.75, 3.05) is 9.80 Å².